The van der Waals surface area contributed by atoms with Crippen LogP contribution in [0.3, 0.4) is 0 Å². The molecule has 4 atom stereocenters. The molecule has 2 saturated carbocycles. The molecule has 0 N–H and O–H groups in total. The molecule has 2 fully saturated rings. The van der Waals surface area contributed by atoms with Crippen LogP contribution < -0.4 is 4.74 Å². The van der Waals surface area contributed by atoms with Crippen LogP contribution in [-0.2, 0) is 0 Å². The lowest BCUT2D eigenvalue weighted by atomic mass is 9.63. The zero-order valence-corrected chi connectivity index (χ0v) is 18.8. The molecule has 172 valence electrons. The summed E-state index contributed by atoms with van der Waals surface area (Å²) in [7, 11) is 0. The summed E-state index contributed by atoms with van der Waals surface area (Å²) >= 11 is 0. The molecule has 2 aromatic carbocycles. The van der Waals surface area contributed by atoms with Crippen molar-refractivity contribution >= 4 is 0 Å². The topological polar surface area (TPSA) is 9.23 Å². The van der Waals surface area contributed by atoms with Crippen molar-refractivity contribution in [2.75, 3.05) is 0 Å². The lowest BCUT2D eigenvalue weighted by Crippen LogP contribution is -2.30. The summed E-state index contributed by atoms with van der Waals surface area (Å²) in [4.78, 5) is 0. The highest BCUT2D eigenvalue weighted by molar-refractivity contribution is 5.65. The van der Waals surface area contributed by atoms with Crippen molar-refractivity contribution in [1.29, 1.82) is 0 Å². The van der Waals surface area contributed by atoms with E-state index in [4.69, 9.17) is 0 Å². The standard InChI is InChI=1S/C28H33F3O/c1-2-3-4-5-19-6-7-22-17-23(9-8-21(22)16-19)24-12-15-26(27(29)18-24)20-10-13-25(14-11-20)32-28(30)31/h2-3,10-15,18-19,21-23,28H,4-9,16-17H2,1H3/b3-2+. The van der Waals surface area contributed by atoms with Crippen LogP contribution in [0.15, 0.2) is 54.6 Å². The van der Waals surface area contributed by atoms with E-state index in [0.29, 0.717) is 17.0 Å². The molecule has 0 heterocycles. The second-order valence-electron chi connectivity index (χ2n) is 9.50. The third kappa shape index (κ3) is 5.57. The molecule has 4 heteroatoms. The predicted molar refractivity (Wildman–Crippen MR) is 123 cm³/mol. The number of hydrogen-bond acceptors (Lipinski definition) is 1. The fourth-order valence-electron chi connectivity index (χ4n) is 5.89. The Morgan fingerprint density at radius 2 is 1.72 bits per heavy atom. The van der Waals surface area contributed by atoms with E-state index in [-0.39, 0.29) is 11.6 Å². The first-order chi connectivity index (χ1) is 15.5. The number of halogens is 3. The molecule has 2 aliphatic rings. The van der Waals surface area contributed by atoms with Crippen LogP contribution in [0.4, 0.5) is 13.2 Å². The highest BCUT2D eigenvalue weighted by atomic mass is 19.3. The number of alkyl halides is 2. The van der Waals surface area contributed by atoms with Gasteiger partial charge in [-0.05, 0) is 105 Å². The molecule has 0 bridgehead atoms. The summed E-state index contributed by atoms with van der Waals surface area (Å²) < 4.78 is 44.0. The van der Waals surface area contributed by atoms with E-state index >= 15 is 0 Å². The highest BCUT2D eigenvalue weighted by Crippen LogP contribution is 2.48. The van der Waals surface area contributed by atoms with Crippen molar-refractivity contribution in [3.8, 4) is 16.9 Å². The Balaban J connectivity index is 1.38. The van der Waals surface area contributed by atoms with E-state index in [0.717, 1.165) is 29.7 Å². The third-order valence-electron chi connectivity index (χ3n) is 7.55. The number of benzene rings is 2. The van der Waals surface area contributed by atoms with Crippen molar-refractivity contribution in [1.82, 2.24) is 0 Å². The van der Waals surface area contributed by atoms with Gasteiger partial charge in [-0.1, -0.05) is 42.8 Å². The Kier molecular flexibility index (Phi) is 7.59. The summed E-state index contributed by atoms with van der Waals surface area (Å²) in [6, 6.07) is 11.7. The lowest BCUT2D eigenvalue weighted by molar-refractivity contribution is -0.0498. The zero-order valence-electron chi connectivity index (χ0n) is 18.8. The summed E-state index contributed by atoms with van der Waals surface area (Å²) in [6.07, 6.45) is 14.5. The monoisotopic (exact) mass is 442 g/mol. The van der Waals surface area contributed by atoms with Gasteiger partial charge >= 0.3 is 6.61 Å². The molecule has 2 aliphatic carbocycles. The van der Waals surface area contributed by atoms with Crippen LogP contribution in [0.25, 0.3) is 11.1 Å². The van der Waals surface area contributed by atoms with E-state index < -0.39 is 6.61 Å². The minimum absolute atomic E-state index is 0.0779. The van der Waals surface area contributed by atoms with Crippen LogP contribution in [0.5, 0.6) is 5.75 Å². The molecule has 1 nitrogen and oxygen atoms in total. The molecule has 0 radical (unpaired) electrons. The van der Waals surface area contributed by atoms with Crippen LogP contribution in [0.2, 0.25) is 0 Å². The molecule has 0 amide bonds. The van der Waals surface area contributed by atoms with Gasteiger partial charge < -0.3 is 4.74 Å². The Labute approximate surface area is 189 Å². The third-order valence-corrected chi connectivity index (χ3v) is 7.55. The van der Waals surface area contributed by atoms with Gasteiger partial charge in [-0.25, -0.2) is 4.39 Å². The first-order valence-corrected chi connectivity index (χ1v) is 12.0. The van der Waals surface area contributed by atoms with Crippen molar-refractivity contribution in [2.45, 2.75) is 70.8 Å². The van der Waals surface area contributed by atoms with Crippen LogP contribution >= 0.6 is 0 Å². The van der Waals surface area contributed by atoms with E-state index in [1.807, 2.05) is 6.07 Å². The zero-order chi connectivity index (χ0) is 22.5. The summed E-state index contributed by atoms with van der Waals surface area (Å²) in [5.74, 6) is 2.75. The van der Waals surface area contributed by atoms with Crippen molar-refractivity contribution in [2.24, 2.45) is 17.8 Å². The van der Waals surface area contributed by atoms with Crippen molar-refractivity contribution < 1.29 is 17.9 Å². The summed E-state index contributed by atoms with van der Waals surface area (Å²) in [5, 5.41) is 0. The molecular weight excluding hydrogens is 409 g/mol. The Morgan fingerprint density at radius 1 is 0.969 bits per heavy atom. The summed E-state index contributed by atoms with van der Waals surface area (Å²) in [6.45, 7) is -0.769. The van der Waals surface area contributed by atoms with Gasteiger partial charge in [0.15, 0.2) is 0 Å². The molecule has 4 rings (SSSR count). The predicted octanol–water partition coefficient (Wildman–Crippen LogP) is 8.75. The van der Waals surface area contributed by atoms with Gasteiger partial charge in [0.05, 0.1) is 0 Å². The smallest absolute Gasteiger partial charge is 0.387 e. The van der Waals surface area contributed by atoms with Gasteiger partial charge in [0.2, 0.25) is 0 Å². The fraction of sp³-hybridized carbons (Fsp3) is 0.500. The second kappa shape index (κ2) is 10.6. The Hall–Kier alpha value is -2.23. The number of rotatable bonds is 7. The number of hydrogen-bond donors (Lipinski definition) is 0. The summed E-state index contributed by atoms with van der Waals surface area (Å²) in [5.41, 5.74) is 2.25. The molecule has 32 heavy (non-hydrogen) atoms. The van der Waals surface area contributed by atoms with Gasteiger partial charge in [0.25, 0.3) is 0 Å². The van der Waals surface area contributed by atoms with E-state index in [1.54, 1.807) is 18.2 Å². The number of fused-ring (bicyclic) bond motifs is 1. The normalized spacial score (nSPS) is 25.8. The van der Waals surface area contributed by atoms with Crippen molar-refractivity contribution in [3.05, 3.63) is 66.0 Å². The van der Waals surface area contributed by atoms with E-state index in [1.165, 1.54) is 57.1 Å². The average molecular weight is 443 g/mol. The first-order valence-electron chi connectivity index (χ1n) is 12.0. The van der Waals surface area contributed by atoms with E-state index in [9.17, 15) is 13.2 Å². The number of ether oxygens (including phenoxy) is 1. The van der Waals surface area contributed by atoms with Crippen LogP contribution in [0, 0.1) is 23.6 Å². The Morgan fingerprint density at radius 3 is 2.44 bits per heavy atom. The largest absolute Gasteiger partial charge is 0.435 e. The minimum Gasteiger partial charge on any atom is -0.435 e. The highest BCUT2D eigenvalue weighted by Gasteiger charge is 2.35. The maximum atomic E-state index is 15.0. The maximum Gasteiger partial charge on any atom is 0.387 e. The van der Waals surface area contributed by atoms with E-state index in [2.05, 4.69) is 29.9 Å². The minimum atomic E-state index is -2.86. The van der Waals surface area contributed by atoms with Crippen molar-refractivity contribution in [3.63, 3.8) is 0 Å². The van der Waals surface area contributed by atoms with Crippen LogP contribution in [-0.4, -0.2) is 6.61 Å². The van der Waals surface area contributed by atoms with Gasteiger partial charge in [0.1, 0.15) is 11.6 Å². The second-order valence-corrected chi connectivity index (χ2v) is 9.50. The maximum absolute atomic E-state index is 15.0. The van der Waals surface area contributed by atoms with Gasteiger partial charge in [-0.3, -0.25) is 0 Å². The lowest BCUT2D eigenvalue weighted by Gasteiger charge is -2.42. The van der Waals surface area contributed by atoms with Crippen LogP contribution in [0.1, 0.15) is 69.8 Å². The quantitative estimate of drug-likeness (QED) is 0.389. The molecule has 2 aromatic rings. The first kappa shape index (κ1) is 22.9. The molecule has 0 saturated heterocycles. The average Bonchev–Trinajstić information content (AvgIpc) is 2.79. The molecule has 4 unspecified atom stereocenters. The van der Waals surface area contributed by atoms with Gasteiger partial charge in [-0.2, -0.15) is 8.78 Å². The SMILES string of the molecule is C/C=C/CCC1CCC2CC(c3ccc(-c4ccc(OC(F)F)cc4)c(F)c3)CCC2C1. The molecule has 0 aliphatic heterocycles. The van der Waals surface area contributed by atoms with Gasteiger partial charge in [-0.15, -0.1) is 0 Å². The van der Waals surface area contributed by atoms with Gasteiger partial charge in [0, 0.05) is 5.56 Å². The fourth-order valence-corrected chi connectivity index (χ4v) is 5.89. The molecular formula is C28H33F3O. The number of allylic oxidation sites excluding steroid dienone is 2. The Bertz CT molecular complexity index is 905. The molecule has 0 spiro atoms. The molecule has 0 aromatic heterocycles.